The van der Waals surface area contributed by atoms with Gasteiger partial charge >= 0.3 is 6.09 Å². The highest BCUT2D eigenvalue weighted by Crippen LogP contribution is 2.18. The minimum atomic E-state index is -1.08. The highest BCUT2D eigenvalue weighted by molar-refractivity contribution is 5.86. The normalized spacial score (nSPS) is 10.4. The topological polar surface area (TPSA) is 108 Å². The van der Waals surface area contributed by atoms with Gasteiger partial charge in [0.1, 0.15) is 5.69 Å². The molecule has 0 unspecified atom stereocenters. The van der Waals surface area contributed by atoms with Crippen LogP contribution < -0.4 is 10.3 Å². The molecule has 0 radical (unpaired) electrons. The zero-order chi connectivity index (χ0) is 21.5. The molecule has 0 aliphatic carbocycles. The van der Waals surface area contributed by atoms with Crippen molar-refractivity contribution in [2.45, 2.75) is 6.42 Å². The third-order valence-electron chi connectivity index (χ3n) is 4.46. The molecule has 0 fully saturated rings. The summed E-state index contributed by atoms with van der Waals surface area (Å²) < 4.78 is 6.52. The fourth-order valence-electron chi connectivity index (χ4n) is 2.98. The lowest BCUT2D eigenvalue weighted by atomic mass is 10.1. The van der Waals surface area contributed by atoms with Crippen molar-refractivity contribution >= 4 is 11.8 Å². The first-order valence-electron chi connectivity index (χ1n) is 9.19. The summed E-state index contributed by atoms with van der Waals surface area (Å²) in [5.41, 5.74) is 2.51. The van der Waals surface area contributed by atoms with Crippen molar-refractivity contribution in [3.63, 3.8) is 0 Å². The van der Waals surface area contributed by atoms with Crippen molar-refractivity contribution in [2.75, 3.05) is 25.2 Å². The van der Waals surface area contributed by atoms with E-state index >= 15 is 0 Å². The predicted molar refractivity (Wildman–Crippen MR) is 111 cm³/mol. The van der Waals surface area contributed by atoms with Crippen LogP contribution in [-0.4, -0.2) is 41.2 Å². The number of amides is 1. The van der Waals surface area contributed by atoms with Gasteiger partial charge in [0.25, 0.3) is 0 Å². The molecule has 0 aliphatic rings. The molecular weight excluding hydrogens is 384 g/mol. The molecule has 8 heteroatoms. The van der Waals surface area contributed by atoms with Crippen LogP contribution in [0.3, 0.4) is 0 Å². The monoisotopic (exact) mass is 404 g/mol. The highest BCUT2D eigenvalue weighted by atomic mass is 16.5. The number of methoxy groups -OCH3 is 1. The van der Waals surface area contributed by atoms with E-state index in [0.29, 0.717) is 22.6 Å². The minimum Gasteiger partial charge on any atom is -0.465 e. The van der Waals surface area contributed by atoms with E-state index in [1.807, 2.05) is 6.07 Å². The Labute approximate surface area is 173 Å². The molecule has 0 spiro atoms. The third kappa shape index (κ3) is 4.90. The first kappa shape index (κ1) is 20.8. The van der Waals surface area contributed by atoms with E-state index in [2.05, 4.69) is 11.2 Å². The van der Waals surface area contributed by atoms with E-state index in [9.17, 15) is 14.7 Å². The van der Waals surface area contributed by atoms with E-state index in [1.165, 1.54) is 18.1 Å². The van der Waals surface area contributed by atoms with Gasteiger partial charge in [-0.15, -0.1) is 0 Å². The molecule has 152 valence electrons. The first-order chi connectivity index (χ1) is 14.5. The molecule has 1 amide bonds. The first-order valence-corrected chi connectivity index (χ1v) is 9.19. The predicted octanol–water partition coefficient (Wildman–Crippen LogP) is 2.83. The van der Waals surface area contributed by atoms with Gasteiger partial charge in [0.05, 0.1) is 30.5 Å². The molecule has 3 rings (SSSR count). The summed E-state index contributed by atoms with van der Waals surface area (Å²) in [4.78, 5) is 25.1. The zero-order valence-corrected chi connectivity index (χ0v) is 16.4. The quantitative estimate of drug-likeness (QED) is 0.649. The smallest absolute Gasteiger partial charge is 0.411 e. The molecule has 3 aromatic rings. The van der Waals surface area contributed by atoms with Crippen LogP contribution in [0.2, 0.25) is 0 Å². The Bertz CT molecular complexity index is 1150. The summed E-state index contributed by atoms with van der Waals surface area (Å²) in [6.45, 7) is 0.462. The van der Waals surface area contributed by atoms with Crippen molar-refractivity contribution in [1.82, 2.24) is 9.78 Å². The van der Waals surface area contributed by atoms with Crippen LogP contribution >= 0.6 is 0 Å². The molecule has 30 heavy (non-hydrogen) atoms. The third-order valence-corrected chi connectivity index (χ3v) is 4.46. The summed E-state index contributed by atoms with van der Waals surface area (Å²) >= 11 is 0. The molecule has 1 heterocycles. The molecule has 0 atom stereocenters. The van der Waals surface area contributed by atoms with Crippen LogP contribution in [0.25, 0.3) is 5.69 Å². The number of benzene rings is 2. The van der Waals surface area contributed by atoms with E-state index in [1.54, 1.807) is 53.3 Å². The molecule has 0 saturated heterocycles. The maximum Gasteiger partial charge on any atom is 0.411 e. The fourth-order valence-corrected chi connectivity index (χ4v) is 2.98. The van der Waals surface area contributed by atoms with Gasteiger partial charge in [-0.3, -0.25) is 9.69 Å². The SMILES string of the molecule is COCCN(C(=O)O)c1cccc(Cc2nn(-c3cccc(C#N)c3)ccc2=O)c1. The van der Waals surface area contributed by atoms with Gasteiger partial charge in [-0.2, -0.15) is 10.4 Å². The lowest BCUT2D eigenvalue weighted by molar-refractivity contribution is 0.186. The molecular formula is C22H20N4O4. The van der Waals surface area contributed by atoms with E-state index in [-0.39, 0.29) is 25.0 Å². The standard InChI is InChI=1S/C22H20N4O4/c1-30-11-10-25(22(28)29)18-6-2-4-16(12-18)14-20-21(27)8-9-26(24-20)19-7-3-5-17(13-19)15-23/h2-9,12-13H,10-11,14H2,1H3,(H,28,29). The second-order valence-corrected chi connectivity index (χ2v) is 6.51. The number of hydrogen-bond donors (Lipinski definition) is 1. The number of nitrogens with zero attached hydrogens (tertiary/aromatic N) is 4. The summed E-state index contributed by atoms with van der Waals surface area (Å²) in [5, 5.41) is 23.0. The second-order valence-electron chi connectivity index (χ2n) is 6.51. The number of nitriles is 1. The van der Waals surface area contributed by atoms with E-state index in [4.69, 9.17) is 10.00 Å². The molecule has 0 saturated carbocycles. The summed E-state index contributed by atoms with van der Waals surface area (Å²) in [6, 6.07) is 17.4. The van der Waals surface area contributed by atoms with Crippen molar-refractivity contribution in [2.24, 2.45) is 0 Å². The Kier molecular flexibility index (Phi) is 6.57. The average molecular weight is 404 g/mol. The van der Waals surface area contributed by atoms with Gasteiger partial charge in [0.15, 0.2) is 0 Å². The summed E-state index contributed by atoms with van der Waals surface area (Å²) in [7, 11) is 1.51. The maximum atomic E-state index is 12.3. The Morgan fingerprint density at radius 2 is 2.03 bits per heavy atom. The fraction of sp³-hybridized carbons (Fsp3) is 0.182. The van der Waals surface area contributed by atoms with Crippen LogP contribution in [-0.2, 0) is 11.2 Å². The van der Waals surface area contributed by atoms with Crippen LogP contribution in [0.5, 0.6) is 0 Å². The summed E-state index contributed by atoms with van der Waals surface area (Å²) in [6.07, 6.45) is 0.709. The van der Waals surface area contributed by atoms with Crippen molar-refractivity contribution in [3.05, 3.63) is 87.8 Å². The molecule has 0 aliphatic heterocycles. The number of ether oxygens (including phenoxy) is 1. The largest absolute Gasteiger partial charge is 0.465 e. The van der Waals surface area contributed by atoms with Crippen molar-refractivity contribution in [1.29, 1.82) is 5.26 Å². The molecule has 1 aromatic heterocycles. The molecule has 1 N–H and O–H groups in total. The average Bonchev–Trinajstić information content (AvgIpc) is 2.75. The van der Waals surface area contributed by atoms with Crippen LogP contribution in [0.4, 0.5) is 10.5 Å². The van der Waals surface area contributed by atoms with Gasteiger partial charge < -0.3 is 9.84 Å². The van der Waals surface area contributed by atoms with Crippen LogP contribution in [0.15, 0.2) is 65.6 Å². The molecule has 0 bridgehead atoms. The summed E-state index contributed by atoms with van der Waals surface area (Å²) in [5.74, 6) is 0. The van der Waals surface area contributed by atoms with Crippen LogP contribution in [0, 0.1) is 11.3 Å². The van der Waals surface area contributed by atoms with Gasteiger partial charge in [-0.25, -0.2) is 9.48 Å². The Morgan fingerprint density at radius 1 is 1.23 bits per heavy atom. The lowest BCUT2D eigenvalue weighted by Gasteiger charge is -2.19. The molecule has 2 aromatic carbocycles. The number of anilines is 1. The van der Waals surface area contributed by atoms with E-state index < -0.39 is 6.09 Å². The van der Waals surface area contributed by atoms with Gasteiger partial charge in [0.2, 0.25) is 5.43 Å². The minimum absolute atomic E-state index is 0.195. The number of carbonyl (C=O) groups is 1. The zero-order valence-electron chi connectivity index (χ0n) is 16.4. The maximum absolute atomic E-state index is 12.3. The van der Waals surface area contributed by atoms with Gasteiger partial charge in [-0.1, -0.05) is 18.2 Å². The Balaban J connectivity index is 1.90. The lowest BCUT2D eigenvalue weighted by Crippen LogP contribution is -2.32. The highest BCUT2D eigenvalue weighted by Gasteiger charge is 2.15. The number of aromatic nitrogens is 2. The Morgan fingerprint density at radius 3 is 2.77 bits per heavy atom. The number of rotatable bonds is 7. The van der Waals surface area contributed by atoms with Gasteiger partial charge in [0, 0.05) is 31.5 Å². The van der Waals surface area contributed by atoms with Crippen LogP contribution in [0.1, 0.15) is 16.8 Å². The van der Waals surface area contributed by atoms with Crippen molar-refractivity contribution < 1.29 is 14.6 Å². The van der Waals surface area contributed by atoms with E-state index in [0.717, 1.165) is 5.56 Å². The van der Waals surface area contributed by atoms with Gasteiger partial charge in [-0.05, 0) is 35.9 Å². The Hall–Kier alpha value is -3.96. The second kappa shape index (κ2) is 9.49. The van der Waals surface area contributed by atoms with Crippen molar-refractivity contribution in [3.8, 4) is 11.8 Å². The number of hydrogen-bond acceptors (Lipinski definition) is 5. The molecule has 8 nitrogen and oxygen atoms in total. The number of carboxylic acid groups (broad SMARTS) is 1.